The number of carbonyl (C=O) groups is 1. The second-order valence-corrected chi connectivity index (χ2v) is 3.40. The highest BCUT2D eigenvalue weighted by atomic mass is 16.5. The molecule has 88 valence electrons. The highest BCUT2D eigenvalue weighted by Gasteiger charge is 2.00. The molecular weight excluding hydrogens is 206 g/mol. The van der Waals surface area contributed by atoms with Crippen molar-refractivity contribution in [3.63, 3.8) is 0 Å². The molecule has 0 aliphatic rings. The number of ketones is 1. The van der Waals surface area contributed by atoms with Crippen molar-refractivity contribution in [3.8, 4) is 5.75 Å². The lowest BCUT2D eigenvalue weighted by Crippen LogP contribution is -2.07. The lowest BCUT2D eigenvalue weighted by Gasteiger charge is -2.06. The van der Waals surface area contributed by atoms with Gasteiger partial charge in [-0.2, -0.15) is 0 Å². The van der Waals surface area contributed by atoms with Crippen LogP contribution in [-0.2, 0) is 4.74 Å². The van der Waals surface area contributed by atoms with E-state index in [1.807, 2.05) is 0 Å². The van der Waals surface area contributed by atoms with E-state index < -0.39 is 0 Å². The number of aromatic nitrogens is 1. The molecule has 0 bridgehead atoms. The zero-order valence-electron chi connectivity index (χ0n) is 9.73. The minimum absolute atomic E-state index is 0.0437. The van der Waals surface area contributed by atoms with E-state index in [9.17, 15) is 4.79 Å². The molecule has 1 aromatic rings. The lowest BCUT2D eigenvalue weighted by atomic mass is 10.3. The molecule has 0 saturated carbocycles. The van der Waals surface area contributed by atoms with Gasteiger partial charge in [-0.15, -0.1) is 0 Å². The fourth-order valence-electron chi connectivity index (χ4n) is 1.14. The van der Waals surface area contributed by atoms with E-state index in [0.717, 1.165) is 13.0 Å². The van der Waals surface area contributed by atoms with Crippen LogP contribution >= 0.6 is 0 Å². The summed E-state index contributed by atoms with van der Waals surface area (Å²) in [6.07, 6.45) is 2.56. The zero-order chi connectivity index (χ0) is 11.8. The van der Waals surface area contributed by atoms with Crippen molar-refractivity contribution in [2.45, 2.75) is 20.3 Å². The molecular formula is C12H17NO3. The van der Waals surface area contributed by atoms with Gasteiger partial charge in [0, 0.05) is 13.5 Å². The van der Waals surface area contributed by atoms with Gasteiger partial charge in [-0.05, 0) is 18.6 Å². The Balaban J connectivity index is 2.29. The average Bonchev–Trinajstić information content (AvgIpc) is 2.29. The largest absolute Gasteiger partial charge is 0.490 e. The third-order valence-corrected chi connectivity index (χ3v) is 1.94. The highest BCUT2D eigenvalue weighted by molar-refractivity contribution is 5.92. The third-order valence-electron chi connectivity index (χ3n) is 1.94. The van der Waals surface area contributed by atoms with E-state index in [-0.39, 0.29) is 5.78 Å². The molecule has 0 atom stereocenters. The van der Waals surface area contributed by atoms with Crippen LogP contribution in [0, 0.1) is 0 Å². The van der Waals surface area contributed by atoms with Crippen LogP contribution in [-0.4, -0.2) is 30.6 Å². The minimum Gasteiger partial charge on any atom is -0.490 e. The minimum atomic E-state index is -0.0437. The van der Waals surface area contributed by atoms with E-state index in [2.05, 4.69) is 11.9 Å². The molecule has 4 heteroatoms. The summed E-state index contributed by atoms with van der Waals surface area (Å²) >= 11 is 0. The third kappa shape index (κ3) is 4.40. The smallest absolute Gasteiger partial charge is 0.178 e. The van der Waals surface area contributed by atoms with Crippen molar-refractivity contribution in [2.75, 3.05) is 19.8 Å². The van der Waals surface area contributed by atoms with Gasteiger partial charge in [0.05, 0.1) is 12.8 Å². The number of nitrogens with zero attached hydrogens (tertiary/aromatic N) is 1. The van der Waals surface area contributed by atoms with Gasteiger partial charge in [0.1, 0.15) is 18.1 Å². The standard InChI is InChI=1S/C12H17NO3/c1-3-6-15-7-8-16-11-4-5-12(10(2)14)13-9-11/h4-5,9H,3,6-8H2,1-2H3. The molecule has 0 aromatic carbocycles. The Labute approximate surface area is 95.6 Å². The van der Waals surface area contributed by atoms with Gasteiger partial charge in [0.2, 0.25) is 0 Å². The van der Waals surface area contributed by atoms with Gasteiger partial charge >= 0.3 is 0 Å². The van der Waals surface area contributed by atoms with E-state index in [1.54, 1.807) is 18.3 Å². The molecule has 1 rings (SSSR count). The molecule has 0 saturated heterocycles. The fraction of sp³-hybridized carbons (Fsp3) is 0.500. The van der Waals surface area contributed by atoms with Crippen LogP contribution < -0.4 is 4.74 Å². The average molecular weight is 223 g/mol. The van der Waals surface area contributed by atoms with E-state index in [0.29, 0.717) is 24.7 Å². The second kappa shape index (κ2) is 6.95. The van der Waals surface area contributed by atoms with Gasteiger partial charge in [-0.3, -0.25) is 4.79 Å². The van der Waals surface area contributed by atoms with Gasteiger partial charge in [0.25, 0.3) is 0 Å². The molecule has 1 heterocycles. The Bertz CT molecular complexity index is 322. The van der Waals surface area contributed by atoms with Gasteiger partial charge in [0.15, 0.2) is 5.78 Å². The Kier molecular flexibility index (Phi) is 5.50. The number of rotatable bonds is 7. The van der Waals surface area contributed by atoms with Crippen LogP contribution in [0.2, 0.25) is 0 Å². The molecule has 0 fully saturated rings. The Morgan fingerprint density at radius 1 is 1.31 bits per heavy atom. The predicted molar refractivity (Wildman–Crippen MR) is 60.8 cm³/mol. The highest BCUT2D eigenvalue weighted by Crippen LogP contribution is 2.09. The number of Topliss-reactive ketones (excluding diaryl/α,β-unsaturated/α-hetero) is 1. The predicted octanol–water partition coefficient (Wildman–Crippen LogP) is 2.09. The summed E-state index contributed by atoms with van der Waals surface area (Å²) in [4.78, 5) is 14.9. The van der Waals surface area contributed by atoms with Crippen molar-refractivity contribution in [3.05, 3.63) is 24.0 Å². The van der Waals surface area contributed by atoms with Crippen LogP contribution in [0.5, 0.6) is 5.75 Å². The van der Waals surface area contributed by atoms with Crippen molar-refractivity contribution in [1.82, 2.24) is 4.98 Å². The molecule has 16 heavy (non-hydrogen) atoms. The van der Waals surface area contributed by atoms with Crippen LogP contribution in [0.4, 0.5) is 0 Å². The normalized spacial score (nSPS) is 10.1. The Morgan fingerprint density at radius 2 is 2.12 bits per heavy atom. The monoisotopic (exact) mass is 223 g/mol. The number of hydrogen-bond donors (Lipinski definition) is 0. The number of carbonyl (C=O) groups excluding carboxylic acids is 1. The van der Waals surface area contributed by atoms with Gasteiger partial charge in [-0.1, -0.05) is 6.92 Å². The summed E-state index contributed by atoms with van der Waals surface area (Å²) in [6.45, 7) is 5.38. The summed E-state index contributed by atoms with van der Waals surface area (Å²) in [6, 6.07) is 3.40. The SMILES string of the molecule is CCCOCCOc1ccc(C(C)=O)nc1. The molecule has 4 nitrogen and oxygen atoms in total. The van der Waals surface area contributed by atoms with Crippen LogP contribution in [0.15, 0.2) is 18.3 Å². The first-order valence-electron chi connectivity index (χ1n) is 5.41. The summed E-state index contributed by atoms with van der Waals surface area (Å²) in [5.74, 6) is 0.614. The Morgan fingerprint density at radius 3 is 2.69 bits per heavy atom. The number of pyridine rings is 1. The maximum atomic E-state index is 11.0. The molecule has 0 radical (unpaired) electrons. The number of hydrogen-bond acceptors (Lipinski definition) is 4. The molecule has 0 aliphatic heterocycles. The first-order chi connectivity index (χ1) is 7.74. The maximum Gasteiger partial charge on any atom is 0.178 e. The summed E-state index contributed by atoms with van der Waals surface area (Å²) in [7, 11) is 0. The molecule has 0 spiro atoms. The maximum absolute atomic E-state index is 11.0. The Hall–Kier alpha value is -1.42. The topological polar surface area (TPSA) is 48.4 Å². The molecule has 0 amide bonds. The molecule has 1 aromatic heterocycles. The second-order valence-electron chi connectivity index (χ2n) is 3.40. The van der Waals surface area contributed by atoms with Crippen LogP contribution in [0.25, 0.3) is 0 Å². The first kappa shape index (κ1) is 12.6. The van der Waals surface area contributed by atoms with E-state index in [1.165, 1.54) is 6.92 Å². The lowest BCUT2D eigenvalue weighted by molar-refractivity contribution is 0.0997. The molecule has 0 unspecified atom stereocenters. The molecule has 0 aliphatic carbocycles. The van der Waals surface area contributed by atoms with Crippen molar-refractivity contribution in [2.24, 2.45) is 0 Å². The molecule has 0 N–H and O–H groups in total. The van der Waals surface area contributed by atoms with Crippen molar-refractivity contribution < 1.29 is 14.3 Å². The number of ether oxygens (including phenoxy) is 2. The van der Waals surface area contributed by atoms with Gasteiger partial charge in [-0.25, -0.2) is 4.98 Å². The summed E-state index contributed by atoms with van der Waals surface area (Å²) in [5, 5.41) is 0. The first-order valence-corrected chi connectivity index (χ1v) is 5.41. The summed E-state index contributed by atoms with van der Waals surface area (Å²) in [5.41, 5.74) is 0.453. The van der Waals surface area contributed by atoms with Crippen molar-refractivity contribution in [1.29, 1.82) is 0 Å². The van der Waals surface area contributed by atoms with E-state index in [4.69, 9.17) is 9.47 Å². The quantitative estimate of drug-likeness (QED) is 0.524. The van der Waals surface area contributed by atoms with Crippen LogP contribution in [0.3, 0.4) is 0 Å². The fourth-order valence-corrected chi connectivity index (χ4v) is 1.14. The summed E-state index contributed by atoms with van der Waals surface area (Å²) < 4.78 is 10.7. The zero-order valence-corrected chi connectivity index (χ0v) is 9.73. The van der Waals surface area contributed by atoms with Crippen molar-refractivity contribution >= 4 is 5.78 Å². The van der Waals surface area contributed by atoms with Gasteiger partial charge < -0.3 is 9.47 Å². The van der Waals surface area contributed by atoms with E-state index >= 15 is 0 Å². The van der Waals surface area contributed by atoms with Crippen LogP contribution in [0.1, 0.15) is 30.8 Å².